The molecule has 2 aromatic rings. The van der Waals surface area contributed by atoms with Crippen LogP contribution >= 0.6 is 0 Å². The van der Waals surface area contributed by atoms with E-state index in [1.165, 1.54) is 19.0 Å². The molecule has 1 aliphatic heterocycles. The third-order valence-electron chi connectivity index (χ3n) is 5.65. The predicted octanol–water partition coefficient (Wildman–Crippen LogP) is 5.25. The molecule has 2 aromatic carbocycles. The Balaban J connectivity index is 0.00000179. The number of nitriles is 1. The average molecular weight is 483 g/mol. The second-order valence-electron chi connectivity index (χ2n) is 8.07. The molecule has 1 heterocycles. The van der Waals surface area contributed by atoms with E-state index in [4.69, 9.17) is 5.11 Å². The Morgan fingerprint density at radius 2 is 1.60 bits per heavy atom. The van der Waals surface area contributed by atoms with Crippen molar-refractivity contribution in [3.05, 3.63) is 59.2 Å². The number of aliphatic carboxylic acids is 1. The second kappa shape index (κ2) is 18.6. The lowest BCUT2D eigenvalue weighted by atomic mass is 9.95. The van der Waals surface area contributed by atoms with Gasteiger partial charge < -0.3 is 15.7 Å². The highest BCUT2D eigenvalue weighted by atomic mass is 16.4. The van der Waals surface area contributed by atoms with Crippen molar-refractivity contribution < 1.29 is 9.90 Å². The largest absolute Gasteiger partial charge is 0.481 e. The lowest BCUT2D eigenvalue weighted by Gasteiger charge is -2.20. The summed E-state index contributed by atoms with van der Waals surface area (Å²) in [4.78, 5) is 15.9. The number of carboxylic acid groups (broad SMARTS) is 1. The third kappa shape index (κ3) is 11.0. The van der Waals surface area contributed by atoms with Crippen LogP contribution < -0.4 is 5.73 Å². The Morgan fingerprint density at radius 1 is 1.00 bits per heavy atom. The Morgan fingerprint density at radius 3 is 2.17 bits per heavy atom. The van der Waals surface area contributed by atoms with Crippen molar-refractivity contribution >= 4 is 5.97 Å². The zero-order chi connectivity index (χ0) is 26.8. The maximum atomic E-state index is 11.0. The van der Waals surface area contributed by atoms with Gasteiger partial charge in [-0.3, -0.25) is 9.69 Å². The van der Waals surface area contributed by atoms with Gasteiger partial charge in [-0.1, -0.05) is 71.0 Å². The van der Waals surface area contributed by atoms with Crippen LogP contribution in [0.5, 0.6) is 0 Å². The molecule has 1 fully saturated rings. The van der Waals surface area contributed by atoms with E-state index >= 15 is 0 Å². The van der Waals surface area contributed by atoms with Gasteiger partial charge in [-0.05, 0) is 68.3 Å². The van der Waals surface area contributed by atoms with Crippen molar-refractivity contribution in [2.24, 2.45) is 11.7 Å². The highest BCUT2D eigenvalue weighted by Crippen LogP contribution is 2.26. The molecule has 0 saturated carbocycles. The van der Waals surface area contributed by atoms with Crippen LogP contribution in [0.3, 0.4) is 0 Å². The van der Waals surface area contributed by atoms with E-state index in [9.17, 15) is 10.1 Å². The molecule has 0 aliphatic carbocycles. The Labute approximate surface area is 213 Å². The summed E-state index contributed by atoms with van der Waals surface area (Å²) in [5, 5.41) is 18.8. The molecule has 194 valence electrons. The summed E-state index contributed by atoms with van der Waals surface area (Å²) >= 11 is 0. The quantitative estimate of drug-likeness (QED) is 0.584. The van der Waals surface area contributed by atoms with Crippen molar-refractivity contribution in [3.63, 3.8) is 0 Å². The highest BCUT2D eigenvalue weighted by molar-refractivity contribution is 5.72. The zero-order valence-electron chi connectivity index (χ0n) is 22.8. The number of hydrogen-bond donors (Lipinski definition) is 2. The Kier molecular flexibility index (Phi) is 17.1. The van der Waals surface area contributed by atoms with Crippen LogP contribution in [0.4, 0.5) is 0 Å². The summed E-state index contributed by atoms with van der Waals surface area (Å²) in [6, 6.07) is 16.4. The summed E-state index contributed by atoms with van der Waals surface area (Å²) in [5.41, 5.74) is 9.24. The zero-order valence-corrected chi connectivity index (χ0v) is 22.8. The number of benzene rings is 2. The van der Waals surface area contributed by atoms with Gasteiger partial charge in [-0.25, -0.2) is 0 Å². The number of carbonyl (C=O) groups is 1. The number of hydrogen-bond acceptors (Lipinski definition) is 5. The van der Waals surface area contributed by atoms with Gasteiger partial charge in [-0.2, -0.15) is 5.26 Å². The van der Waals surface area contributed by atoms with Crippen molar-refractivity contribution in [1.29, 1.82) is 5.26 Å². The molecule has 0 bridgehead atoms. The fraction of sp³-hybridized carbons (Fsp3) is 0.517. The van der Waals surface area contributed by atoms with Gasteiger partial charge in [-0.15, -0.1) is 0 Å². The Bertz CT molecular complexity index is 891. The highest BCUT2D eigenvalue weighted by Gasteiger charge is 2.14. The van der Waals surface area contributed by atoms with E-state index in [1.54, 1.807) is 6.92 Å². The monoisotopic (exact) mass is 482 g/mol. The predicted molar refractivity (Wildman–Crippen MR) is 147 cm³/mol. The summed E-state index contributed by atoms with van der Waals surface area (Å²) in [6.07, 6.45) is 1.68. The van der Waals surface area contributed by atoms with E-state index in [1.807, 2.05) is 64.1 Å². The normalized spacial score (nSPS) is 14.4. The van der Waals surface area contributed by atoms with Crippen LogP contribution in [0, 0.1) is 17.2 Å². The minimum Gasteiger partial charge on any atom is -0.481 e. The molecule has 3 rings (SSSR count). The number of nitrogens with zero attached hydrogens (tertiary/aromatic N) is 3. The van der Waals surface area contributed by atoms with E-state index in [-0.39, 0.29) is 0 Å². The molecule has 3 N–H and O–H groups in total. The molecule has 0 spiro atoms. The lowest BCUT2D eigenvalue weighted by molar-refractivity contribution is -0.141. The van der Waals surface area contributed by atoms with Crippen LogP contribution in [0.2, 0.25) is 0 Å². The topological polar surface area (TPSA) is 93.6 Å². The Hall–Kier alpha value is -2.72. The summed E-state index contributed by atoms with van der Waals surface area (Å²) in [6.45, 7) is 14.9. The minimum absolute atomic E-state index is 0.409. The van der Waals surface area contributed by atoms with Crippen molar-refractivity contribution in [2.45, 2.75) is 54.0 Å². The van der Waals surface area contributed by atoms with Gasteiger partial charge in [0.1, 0.15) is 0 Å². The minimum atomic E-state index is -0.785. The smallest absolute Gasteiger partial charge is 0.306 e. The summed E-state index contributed by atoms with van der Waals surface area (Å²) in [5.74, 6) is -1.19. The number of carboxylic acids is 1. The first-order chi connectivity index (χ1) is 17.0. The summed E-state index contributed by atoms with van der Waals surface area (Å²) < 4.78 is 0. The SMILES string of the molecule is CC.CC.CC(Cc1ccc(-c2ccc(CN3CCCN(C)CC3)cc2C#N)cc1)C(=O)O.CN. The number of nitrogens with two attached hydrogens (primary N) is 1. The first-order valence-corrected chi connectivity index (χ1v) is 12.8. The van der Waals surface area contributed by atoms with E-state index in [0.29, 0.717) is 12.0 Å². The van der Waals surface area contributed by atoms with Gasteiger partial charge >= 0.3 is 5.97 Å². The molecule has 0 amide bonds. The molecule has 1 saturated heterocycles. The van der Waals surface area contributed by atoms with E-state index in [0.717, 1.165) is 49.4 Å². The number of likely N-dealkylation sites (N-methyl/N-ethyl adjacent to an activating group) is 1. The van der Waals surface area contributed by atoms with Crippen molar-refractivity contribution in [1.82, 2.24) is 9.80 Å². The molecule has 1 atom stereocenters. The first kappa shape index (κ1) is 32.3. The standard InChI is InChI=1S/C24H29N3O2.2C2H6.CH5N/c1-18(24(28)29)14-19-4-7-21(8-5-19)23-9-6-20(15-22(23)16-25)17-27-11-3-10-26(2)12-13-27;3*1-2/h4-9,15,18H,3,10-14,17H2,1-2H3,(H,28,29);2*1-2H3;2H2,1H3. The van der Waals surface area contributed by atoms with Crippen molar-refractivity contribution in [2.75, 3.05) is 40.3 Å². The molecule has 1 aliphatic rings. The van der Waals surface area contributed by atoms with Crippen LogP contribution in [-0.2, 0) is 17.8 Å². The molecular weight excluding hydrogens is 436 g/mol. The molecule has 6 heteroatoms. The molecule has 6 nitrogen and oxygen atoms in total. The van der Waals surface area contributed by atoms with Gasteiger partial charge in [0.05, 0.1) is 17.6 Å². The van der Waals surface area contributed by atoms with Gasteiger partial charge in [0.25, 0.3) is 0 Å². The van der Waals surface area contributed by atoms with Crippen LogP contribution in [0.1, 0.15) is 57.7 Å². The van der Waals surface area contributed by atoms with Crippen LogP contribution in [0.25, 0.3) is 11.1 Å². The van der Waals surface area contributed by atoms with Crippen LogP contribution in [0.15, 0.2) is 42.5 Å². The molecule has 0 radical (unpaired) electrons. The number of rotatable bonds is 6. The molecule has 0 aromatic heterocycles. The third-order valence-corrected chi connectivity index (χ3v) is 5.65. The van der Waals surface area contributed by atoms with E-state index in [2.05, 4.69) is 34.7 Å². The molecule has 35 heavy (non-hydrogen) atoms. The van der Waals surface area contributed by atoms with Gasteiger partial charge in [0, 0.05) is 19.6 Å². The molecular formula is C29H46N4O2. The molecule has 1 unspecified atom stereocenters. The van der Waals surface area contributed by atoms with Gasteiger partial charge in [0.2, 0.25) is 0 Å². The van der Waals surface area contributed by atoms with Gasteiger partial charge in [0.15, 0.2) is 0 Å². The van der Waals surface area contributed by atoms with Crippen molar-refractivity contribution in [3.8, 4) is 17.2 Å². The lowest BCUT2D eigenvalue weighted by Crippen LogP contribution is -2.28. The fourth-order valence-corrected chi connectivity index (χ4v) is 3.81. The van der Waals surface area contributed by atoms with E-state index < -0.39 is 11.9 Å². The maximum Gasteiger partial charge on any atom is 0.306 e. The summed E-state index contributed by atoms with van der Waals surface area (Å²) in [7, 11) is 3.67. The second-order valence-corrected chi connectivity index (χ2v) is 8.07. The first-order valence-electron chi connectivity index (χ1n) is 12.8. The average Bonchev–Trinajstić information content (AvgIpc) is 3.11. The maximum absolute atomic E-state index is 11.0. The fourth-order valence-electron chi connectivity index (χ4n) is 3.81. The van der Waals surface area contributed by atoms with Crippen LogP contribution in [-0.4, -0.2) is 61.2 Å².